The van der Waals surface area contributed by atoms with Crippen molar-refractivity contribution in [2.45, 2.75) is 66.2 Å². The first-order valence-corrected chi connectivity index (χ1v) is 14.1. The summed E-state index contributed by atoms with van der Waals surface area (Å²) >= 11 is 7.76. The summed E-state index contributed by atoms with van der Waals surface area (Å²) in [6, 6.07) is 16.0. The van der Waals surface area contributed by atoms with Crippen LogP contribution in [0, 0.1) is 13.8 Å². The molecule has 6 nitrogen and oxygen atoms in total. The minimum atomic E-state index is -1.15. The lowest BCUT2D eigenvalue weighted by Gasteiger charge is -2.28. The number of benzene rings is 3. The minimum Gasteiger partial charge on any atom is -0.479 e. The summed E-state index contributed by atoms with van der Waals surface area (Å²) in [7, 11) is 0. The summed E-state index contributed by atoms with van der Waals surface area (Å²) in [5, 5.41) is 11.7. The Labute approximate surface area is 237 Å². The molecule has 0 bridgehead atoms. The SMILES string of the molecule is Cc1cc2nc(-c3ccc4c(c3)nc(C)n4C(C)C)sc2c(-c2ccc(Cl)cc2)c1C(OC(C)(C)C)C(=O)O. The summed E-state index contributed by atoms with van der Waals surface area (Å²) < 4.78 is 9.25. The molecule has 3 aromatic carbocycles. The molecule has 0 radical (unpaired) electrons. The zero-order chi connectivity index (χ0) is 28.2. The number of aryl methyl sites for hydroxylation is 2. The summed E-state index contributed by atoms with van der Waals surface area (Å²) in [6.45, 7) is 13.8. The Hall–Kier alpha value is -3.26. The van der Waals surface area contributed by atoms with Crippen LogP contribution in [0.3, 0.4) is 0 Å². The number of fused-ring (bicyclic) bond motifs is 2. The lowest BCUT2D eigenvalue weighted by Crippen LogP contribution is -2.28. The quantitative estimate of drug-likeness (QED) is 0.224. The van der Waals surface area contributed by atoms with Crippen LogP contribution < -0.4 is 0 Å². The van der Waals surface area contributed by atoms with Crippen molar-refractivity contribution in [2.24, 2.45) is 0 Å². The predicted octanol–water partition coefficient (Wildman–Crippen LogP) is 8.77. The van der Waals surface area contributed by atoms with Gasteiger partial charge in [-0.3, -0.25) is 0 Å². The molecular weight excluding hydrogens is 530 g/mol. The first-order chi connectivity index (χ1) is 18.3. The van der Waals surface area contributed by atoms with Crippen LogP contribution in [-0.4, -0.2) is 31.2 Å². The van der Waals surface area contributed by atoms with Gasteiger partial charge in [0.25, 0.3) is 0 Å². The van der Waals surface area contributed by atoms with Gasteiger partial charge < -0.3 is 14.4 Å². The number of aromatic nitrogens is 3. The van der Waals surface area contributed by atoms with Gasteiger partial charge in [-0.05, 0) is 96.0 Å². The van der Waals surface area contributed by atoms with E-state index >= 15 is 0 Å². The molecule has 8 heteroatoms. The molecule has 0 aliphatic carbocycles. The second-order valence-electron chi connectivity index (χ2n) is 11.1. The maximum atomic E-state index is 12.6. The van der Waals surface area contributed by atoms with Crippen LogP contribution in [-0.2, 0) is 9.53 Å². The molecule has 1 atom stereocenters. The van der Waals surface area contributed by atoms with Crippen molar-refractivity contribution in [1.82, 2.24) is 14.5 Å². The third-order valence-corrected chi connectivity index (χ3v) is 8.04. The topological polar surface area (TPSA) is 77.2 Å². The van der Waals surface area contributed by atoms with Crippen LogP contribution in [0.4, 0.5) is 0 Å². The molecule has 0 saturated heterocycles. The molecule has 1 N–H and O–H groups in total. The van der Waals surface area contributed by atoms with Crippen LogP contribution in [0.1, 0.15) is 63.7 Å². The van der Waals surface area contributed by atoms with E-state index < -0.39 is 17.7 Å². The standard InChI is InChI=1S/C31H32ClN3O3S/c1-16(2)35-18(4)33-22-15-20(10-13-24(22)35)29-34-23-14-17(3)25(27(30(36)37)38-31(5,6)7)26(28(23)39-29)19-8-11-21(32)12-9-19/h8-16,27H,1-7H3,(H,36,37). The van der Waals surface area contributed by atoms with E-state index in [1.54, 1.807) is 11.3 Å². The molecule has 0 aliphatic rings. The van der Waals surface area contributed by atoms with Gasteiger partial charge in [-0.25, -0.2) is 14.8 Å². The number of carbonyl (C=O) groups is 1. The lowest BCUT2D eigenvalue weighted by molar-refractivity contribution is -0.160. The van der Waals surface area contributed by atoms with Crippen LogP contribution >= 0.6 is 22.9 Å². The van der Waals surface area contributed by atoms with Crippen LogP contribution in [0.2, 0.25) is 5.02 Å². The van der Waals surface area contributed by atoms with Crippen LogP contribution in [0.15, 0.2) is 48.5 Å². The Morgan fingerprint density at radius 2 is 1.67 bits per heavy atom. The highest BCUT2D eigenvalue weighted by Gasteiger charge is 2.32. The predicted molar refractivity (Wildman–Crippen MR) is 160 cm³/mol. The van der Waals surface area contributed by atoms with Crippen molar-refractivity contribution < 1.29 is 14.6 Å². The van der Waals surface area contributed by atoms with Crippen LogP contribution in [0.5, 0.6) is 0 Å². The van der Waals surface area contributed by atoms with Gasteiger partial charge in [-0.2, -0.15) is 0 Å². The Bertz CT molecular complexity index is 1710. The average Bonchev–Trinajstić information content (AvgIpc) is 3.41. The van der Waals surface area contributed by atoms with E-state index in [1.165, 1.54) is 0 Å². The summed E-state index contributed by atoms with van der Waals surface area (Å²) in [5.41, 5.74) is 6.25. The monoisotopic (exact) mass is 561 g/mol. The number of nitrogens with zero attached hydrogens (tertiary/aromatic N) is 3. The summed E-state index contributed by atoms with van der Waals surface area (Å²) in [6.07, 6.45) is -1.15. The Balaban J connectivity index is 1.76. The number of halogens is 1. The van der Waals surface area contributed by atoms with Crippen LogP contribution in [0.25, 0.3) is 42.9 Å². The van der Waals surface area contributed by atoms with Crippen molar-refractivity contribution >= 4 is 50.2 Å². The maximum absolute atomic E-state index is 12.6. The highest BCUT2D eigenvalue weighted by Crippen LogP contribution is 2.44. The second kappa shape index (κ2) is 10.0. The normalized spacial score (nSPS) is 13.1. The highest BCUT2D eigenvalue weighted by molar-refractivity contribution is 7.22. The highest BCUT2D eigenvalue weighted by atomic mass is 35.5. The lowest BCUT2D eigenvalue weighted by atomic mass is 9.91. The van der Waals surface area contributed by atoms with Crippen molar-refractivity contribution in [3.63, 3.8) is 0 Å². The summed E-state index contributed by atoms with van der Waals surface area (Å²) in [5.74, 6) is -0.0563. The second-order valence-corrected chi connectivity index (χ2v) is 12.6. The number of ether oxygens (including phenoxy) is 1. The van der Waals surface area contributed by atoms with E-state index in [1.807, 2.05) is 65.0 Å². The molecule has 0 saturated carbocycles. The van der Waals surface area contributed by atoms with E-state index in [4.69, 9.17) is 26.3 Å². The molecule has 1 unspecified atom stereocenters. The zero-order valence-corrected chi connectivity index (χ0v) is 24.7. The van der Waals surface area contributed by atoms with E-state index in [9.17, 15) is 9.90 Å². The smallest absolute Gasteiger partial charge is 0.337 e. The number of thiazole rings is 1. The van der Waals surface area contributed by atoms with E-state index in [0.717, 1.165) is 54.3 Å². The van der Waals surface area contributed by atoms with Crippen molar-refractivity contribution in [1.29, 1.82) is 0 Å². The third-order valence-electron chi connectivity index (χ3n) is 6.65. The first kappa shape index (κ1) is 27.3. The molecule has 2 aromatic heterocycles. The number of hydrogen-bond acceptors (Lipinski definition) is 5. The Kier molecular flexibility index (Phi) is 7.04. The van der Waals surface area contributed by atoms with Gasteiger partial charge >= 0.3 is 5.97 Å². The van der Waals surface area contributed by atoms with E-state index in [-0.39, 0.29) is 0 Å². The van der Waals surface area contributed by atoms with E-state index in [2.05, 4.69) is 36.6 Å². The largest absolute Gasteiger partial charge is 0.479 e. The fourth-order valence-corrected chi connectivity index (χ4v) is 6.41. The first-order valence-electron chi connectivity index (χ1n) is 12.9. The van der Waals surface area contributed by atoms with Gasteiger partial charge in [-0.15, -0.1) is 11.3 Å². The van der Waals surface area contributed by atoms with Gasteiger partial charge in [0, 0.05) is 27.8 Å². The molecule has 0 aliphatic heterocycles. The average molecular weight is 562 g/mol. The summed E-state index contributed by atoms with van der Waals surface area (Å²) in [4.78, 5) is 22.4. The molecule has 5 aromatic rings. The van der Waals surface area contributed by atoms with E-state index in [0.29, 0.717) is 16.6 Å². The molecule has 5 rings (SSSR count). The van der Waals surface area contributed by atoms with Crippen molar-refractivity contribution in [3.8, 4) is 21.7 Å². The van der Waals surface area contributed by atoms with Gasteiger partial charge in [0.05, 0.1) is 26.9 Å². The number of hydrogen-bond donors (Lipinski definition) is 1. The molecular formula is C31H32ClN3O3S. The molecule has 0 fully saturated rings. The number of carboxylic acid groups (broad SMARTS) is 1. The molecule has 2 heterocycles. The maximum Gasteiger partial charge on any atom is 0.337 e. The number of carboxylic acids is 1. The van der Waals surface area contributed by atoms with Gasteiger partial charge in [-0.1, -0.05) is 23.7 Å². The molecule has 202 valence electrons. The van der Waals surface area contributed by atoms with Gasteiger partial charge in [0.2, 0.25) is 0 Å². The Morgan fingerprint density at radius 1 is 1.00 bits per heavy atom. The fourth-order valence-electron chi connectivity index (χ4n) is 5.17. The molecule has 0 amide bonds. The zero-order valence-electron chi connectivity index (χ0n) is 23.2. The van der Waals surface area contributed by atoms with Gasteiger partial charge in [0.15, 0.2) is 6.10 Å². The third kappa shape index (κ3) is 5.19. The fraction of sp³-hybridized carbons (Fsp3) is 0.323. The number of aliphatic carboxylic acids is 1. The number of rotatable bonds is 6. The minimum absolute atomic E-state index is 0.309. The molecule has 39 heavy (non-hydrogen) atoms. The molecule has 0 spiro atoms. The van der Waals surface area contributed by atoms with Crippen molar-refractivity contribution in [2.75, 3.05) is 0 Å². The van der Waals surface area contributed by atoms with Crippen molar-refractivity contribution in [3.05, 3.63) is 70.5 Å². The van der Waals surface area contributed by atoms with Gasteiger partial charge in [0.1, 0.15) is 10.8 Å². The Morgan fingerprint density at radius 3 is 2.28 bits per heavy atom. The number of imidazole rings is 1.